The molecule has 2 aliphatic rings. The summed E-state index contributed by atoms with van der Waals surface area (Å²) in [5.41, 5.74) is 1.61. The third-order valence-corrected chi connectivity index (χ3v) is 5.23. The fourth-order valence-corrected chi connectivity index (χ4v) is 4.17. The number of aromatic nitrogens is 4. The molecule has 23 heavy (non-hydrogen) atoms. The fourth-order valence-electron chi connectivity index (χ4n) is 2.24. The van der Waals surface area contributed by atoms with Crippen LogP contribution in [0.4, 0.5) is 0 Å². The maximum absolute atomic E-state index is 10.5. The van der Waals surface area contributed by atoms with Crippen molar-refractivity contribution in [1.29, 1.82) is 0 Å². The minimum Gasteiger partial charge on any atom is -0.459 e. The van der Waals surface area contributed by atoms with Gasteiger partial charge in [0.15, 0.2) is 10.3 Å². The number of aliphatic hydroxyl groups excluding tert-OH is 1. The summed E-state index contributed by atoms with van der Waals surface area (Å²) in [6, 6.07) is 0. The van der Waals surface area contributed by atoms with Crippen LogP contribution in [0.5, 0.6) is 0 Å². The highest BCUT2D eigenvalue weighted by Gasteiger charge is 2.14. The molecule has 0 fully saturated rings. The Morgan fingerprint density at radius 1 is 1.17 bits per heavy atom. The second-order valence-corrected chi connectivity index (χ2v) is 7.18. The number of ether oxygens (including phenoxy) is 1. The van der Waals surface area contributed by atoms with Gasteiger partial charge in [-0.25, -0.2) is 9.97 Å². The lowest BCUT2D eigenvalue weighted by Gasteiger charge is -1.96. The summed E-state index contributed by atoms with van der Waals surface area (Å²) in [7, 11) is 0. The van der Waals surface area contributed by atoms with Crippen molar-refractivity contribution in [2.75, 3.05) is 11.5 Å². The summed E-state index contributed by atoms with van der Waals surface area (Å²) < 4.78 is 9.01. The van der Waals surface area contributed by atoms with E-state index in [9.17, 15) is 4.79 Å². The fraction of sp³-hybridized carbons (Fsp3) is 0.500. The van der Waals surface area contributed by atoms with Gasteiger partial charge in [-0.2, -0.15) is 0 Å². The molecule has 0 unspecified atom stereocenters. The number of carbonyl (C=O) groups is 1. The van der Waals surface area contributed by atoms with Crippen LogP contribution in [0.15, 0.2) is 22.7 Å². The standard InChI is InChI=1S/C8H10N2O2S.C6H8N2OS/c1-6(11)12-5-7-4-10-2-3-13-8(10)9-7;9-4-5-3-8-1-2-10-6(8)7-5/h4H,2-3,5H2,1H3;3,9H,1-2,4H2. The van der Waals surface area contributed by atoms with Crippen molar-refractivity contribution < 1.29 is 14.6 Å². The summed E-state index contributed by atoms with van der Waals surface area (Å²) in [4.78, 5) is 19.0. The summed E-state index contributed by atoms with van der Waals surface area (Å²) in [6.07, 6.45) is 3.85. The number of carbonyl (C=O) groups excluding carboxylic acids is 1. The monoisotopic (exact) mass is 354 g/mol. The molecule has 2 aliphatic heterocycles. The van der Waals surface area contributed by atoms with Crippen LogP contribution in [0.1, 0.15) is 18.3 Å². The molecule has 4 heterocycles. The SMILES string of the molecule is CC(=O)OCc1cn2c(n1)SCC2.OCc1cn2c(n1)SCC2. The molecule has 0 amide bonds. The Morgan fingerprint density at radius 3 is 2.26 bits per heavy atom. The Balaban J connectivity index is 0.000000140. The number of esters is 1. The van der Waals surface area contributed by atoms with E-state index in [1.807, 2.05) is 12.4 Å². The molecule has 1 N–H and O–H groups in total. The van der Waals surface area contributed by atoms with Crippen LogP contribution in [0.2, 0.25) is 0 Å². The molecule has 0 radical (unpaired) electrons. The summed E-state index contributed by atoms with van der Waals surface area (Å²) in [6.45, 7) is 3.79. The minimum atomic E-state index is -0.263. The van der Waals surface area contributed by atoms with Gasteiger partial charge in [-0.3, -0.25) is 4.79 Å². The maximum Gasteiger partial charge on any atom is 0.303 e. The number of imidazole rings is 2. The molecule has 124 valence electrons. The molecule has 2 aromatic heterocycles. The van der Waals surface area contributed by atoms with Crippen molar-refractivity contribution in [3.63, 3.8) is 0 Å². The van der Waals surface area contributed by atoms with Crippen molar-refractivity contribution in [1.82, 2.24) is 19.1 Å². The van der Waals surface area contributed by atoms with E-state index < -0.39 is 0 Å². The molecular weight excluding hydrogens is 336 g/mol. The first-order valence-electron chi connectivity index (χ1n) is 7.27. The van der Waals surface area contributed by atoms with E-state index in [1.54, 1.807) is 23.5 Å². The van der Waals surface area contributed by atoms with Crippen LogP contribution in [-0.4, -0.2) is 41.7 Å². The average molecular weight is 354 g/mol. The van der Waals surface area contributed by atoms with Gasteiger partial charge in [0, 0.05) is 43.9 Å². The number of hydrogen-bond acceptors (Lipinski definition) is 7. The highest BCUT2D eigenvalue weighted by molar-refractivity contribution is 7.99. The lowest BCUT2D eigenvalue weighted by atomic mass is 10.5. The van der Waals surface area contributed by atoms with E-state index in [1.165, 1.54) is 6.92 Å². The molecule has 9 heteroatoms. The summed E-state index contributed by atoms with van der Waals surface area (Å²) in [5.74, 6) is 1.95. The average Bonchev–Trinajstić information content (AvgIpc) is 3.24. The van der Waals surface area contributed by atoms with Gasteiger partial charge >= 0.3 is 5.97 Å². The molecule has 0 saturated carbocycles. The van der Waals surface area contributed by atoms with Gasteiger partial charge in [-0.15, -0.1) is 0 Å². The Kier molecular flexibility index (Phi) is 5.29. The smallest absolute Gasteiger partial charge is 0.303 e. The predicted octanol–water partition coefficient (Wildman–Crippen LogP) is 1.53. The molecule has 0 aromatic carbocycles. The van der Waals surface area contributed by atoms with Gasteiger partial charge in [0.1, 0.15) is 6.61 Å². The number of nitrogens with zero attached hydrogens (tertiary/aromatic N) is 4. The Labute approximate surface area is 142 Å². The lowest BCUT2D eigenvalue weighted by Crippen LogP contribution is -1.99. The molecule has 0 bridgehead atoms. The van der Waals surface area contributed by atoms with Crippen LogP contribution in [0.3, 0.4) is 0 Å². The zero-order chi connectivity index (χ0) is 16.2. The van der Waals surface area contributed by atoms with Crippen LogP contribution < -0.4 is 0 Å². The first-order chi connectivity index (χ1) is 11.2. The topological polar surface area (TPSA) is 82.2 Å². The Morgan fingerprint density at radius 2 is 1.74 bits per heavy atom. The third kappa shape index (κ3) is 4.10. The molecule has 0 spiro atoms. The molecule has 0 aliphatic carbocycles. The normalized spacial score (nSPS) is 14.9. The first-order valence-corrected chi connectivity index (χ1v) is 9.24. The second kappa shape index (κ2) is 7.41. The van der Waals surface area contributed by atoms with Crippen LogP contribution in [-0.2, 0) is 35.8 Å². The van der Waals surface area contributed by atoms with Crippen molar-refractivity contribution in [3.8, 4) is 0 Å². The molecule has 4 rings (SSSR count). The van der Waals surface area contributed by atoms with Crippen LogP contribution in [0.25, 0.3) is 0 Å². The largest absolute Gasteiger partial charge is 0.459 e. The number of rotatable bonds is 3. The zero-order valence-corrected chi connectivity index (χ0v) is 14.4. The van der Waals surface area contributed by atoms with E-state index >= 15 is 0 Å². The Hall–Kier alpha value is -1.45. The van der Waals surface area contributed by atoms with Gasteiger partial charge in [0.2, 0.25) is 0 Å². The van der Waals surface area contributed by atoms with Crippen LogP contribution in [0, 0.1) is 0 Å². The highest BCUT2D eigenvalue weighted by atomic mass is 32.2. The van der Waals surface area contributed by atoms with Gasteiger partial charge in [0.05, 0.1) is 18.0 Å². The number of aryl methyl sites for hydroxylation is 2. The van der Waals surface area contributed by atoms with E-state index in [-0.39, 0.29) is 19.2 Å². The minimum absolute atomic E-state index is 0.0561. The zero-order valence-electron chi connectivity index (χ0n) is 12.8. The van der Waals surface area contributed by atoms with Crippen molar-refractivity contribution in [2.24, 2.45) is 0 Å². The second-order valence-electron chi connectivity index (χ2n) is 5.05. The molecular formula is C14H18N4O3S2. The number of thioether (sulfide) groups is 2. The van der Waals surface area contributed by atoms with Gasteiger partial charge in [-0.1, -0.05) is 23.5 Å². The highest BCUT2D eigenvalue weighted by Crippen LogP contribution is 2.25. The number of hydrogen-bond donors (Lipinski definition) is 1. The molecule has 0 atom stereocenters. The quantitative estimate of drug-likeness (QED) is 0.837. The third-order valence-electron chi connectivity index (χ3n) is 3.29. The number of aliphatic hydroxyl groups is 1. The van der Waals surface area contributed by atoms with Crippen molar-refractivity contribution in [3.05, 3.63) is 23.8 Å². The van der Waals surface area contributed by atoms with Gasteiger partial charge < -0.3 is 19.0 Å². The first kappa shape index (κ1) is 16.4. The predicted molar refractivity (Wildman–Crippen MR) is 87.3 cm³/mol. The number of fused-ring (bicyclic) bond motifs is 2. The molecule has 0 saturated heterocycles. The lowest BCUT2D eigenvalue weighted by molar-refractivity contribution is -0.142. The van der Waals surface area contributed by atoms with Crippen molar-refractivity contribution >= 4 is 29.5 Å². The summed E-state index contributed by atoms with van der Waals surface area (Å²) in [5, 5.41) is 10.8. The van der Waals surface area contributed by atoms with E-state index in [4.69, 9.17) is 9.84 Å². The molecule has 2 aromatic rings. The van der Waals surface area contributed by atoms with E-state index in [0.717, 1.165) is 46.3 Å². The van der Waals surface area contributed by atoms with Crippen molar-refractivity contribution in [2.45, 2.75) is 43.5 Å². The summed E-state index contributed by atoms with van der Waals surface area (Å²) >= 11 is 3.48. The van der Waals surface area contributed by atoms with Gasteiger partial charge in [-0.05, 0) is 0 Å². The maximum atomic E-state index is 10.5. The van der Waals surface area contributed by atoms with E-state index in [2.05, 4.69) is 19.1 Å². The van der Waals surface area contributed by atoms with Gasteiger partial charge in [0.25, 0.3) is 0 Å². The van der Waals surface area contributed by atoms with Crippen LogP contribution >= 0.6 is 23.5 Å². The van der Waals surface area contributed by atoms with E-state index in [0.29, 0.717) is 0 Å². The Bertz CT molecular complexity index is 655. The molecule has 7 nitrogen and oxygen atoms in total.